The third kappa shape index (κ3) is 4.00. The number of thioether (sulfide) groups is 1. The number of hydrogen-bond acceptors (Lipinski definition) is 6. The van der Waals surface area contributed by atoms with E-state index in [9.17, 15) is 5.11 Å². The van der Waals surface area contributed by atoms with Crippen LogP contribution in [0.1, 0.15) is 11.1 Å². The summed E-state index contributed by atoms with van der Waals surface area (Å²) >= 11 is 7.55. The van der Waals surface area contributed by atoms with Crippen molar-refractivity contribution in [1.29, 1.82) is 0 Å². The summed E-state index contributed by atoms with van der Waals surface area (Å²) in [7, 11) is 1.58. The Hall–Kier alpha value is -1.50. The predicted molar refractivity (Wildman–Crippen MR) is 85.1 cm³/mol. The summed E-state index contributed by atoms with van der Waals surface area (Å²) in [6.07, 6.45) is 3.53. The minimum absolute atomic E-state index is 0.111. The van der Waals surface area contributed by atoms with Gasteiger partial charge >= 0.3 is 0 Å². The highest BCUT2D eigenvalue weighted by Crippen LogP contribution is 2.25. The summed E-state index contributed by atoms with van der Waals surface area (Å²) in [5.74, 6) is 1.27. The van der Waals surface area contributed by atoms with E-state index in [1.807, 2.05) is 24.5 Å². The molecule has 0 saturated heterocycles. The van der Waals surface area contributed by atoms with Crippen LogP contribution < -0.4 is 10.1 Å². The van der Waals surface area contributed by atoms with Crippen LogP contribution in [0.25, 0.3) is 0 Å². The number of halogens is 1. The number of nitrogens with zero attached hydrogens (tertiary/aromatic N) is 2. The summed E-state index contributed by atoms with van der Waals surface area (Å²) in [4.78, 5) is 8.49. The van der Waals surface area contributed by atoms with Crippen LogP contribution in [0.5, 0.6) is 5.75 Å². The Kier molecular flexibility index (Phi) is 5.67. The number of aliphatic hydroxyl groups is 1. The zero-order valence-electron chi connectivity index (χ0n) is 11.8. The molecule has 0 spiro atoms. The molecule has 0 aliphatic carbocycles. The van der Waals surface area contributed by atoms with E-state index < -0.39 is 0 Å². The van der Waals surface area contributed by atoms with E-state index in [0.29, 0.717) is 33.9 Å². The Balaban J connectivity index is 2.13. The first-order valence-corrected chi connectivity index (χ1v) is 7.85. The fourth-order valence-corrected chi connectivity index (χ4v) is 2.38. The second-order valence-corrected chi connectivity index (χ2v) is 5.39. The van der Waals surface area contributed by atoms with Gasteiger partial charge in [-0.1, -0.05) is 29.4 Å². The third-order valence-corrected chi connectivity index (χ3v) is 3.73. The number of aliphatic hydroxyl groups excluding tert-OH is 1. The zero-order valence-corrected chi connectivity index (χ0v) is 13.3. The summed E-state index contributed by atoms with van der Waals surface area (Å²) in [5.41, 5.74) is 1.65. The quantitative estimate of drug-likeness (QED) is 0.628. The van der Waals surface area contributed by atoms with Gasteiger partial charge in [0, 0.05) is 18.3 Å². The number of hydrogen-bond donors (Lipinski definition) is 2. The Morgan fingerprint density at radius 1 is 1.43 bits per heavy atom. The van der Waals surface area contributed by atoms with Crippen molar-refractivity contribution in [2.75, 3.05) is 18.7 Å². The van der Waals surface area contributed by atoms with E-state index in [2.05, 4.69) is 15.3 Å². The Labute approximate surface area is 132 Å². The first kappa shape index (κ1) is 15.9. The molecule has 0 radical (unpaired) electrons. The van der Waals surface area contributed by atoms with Crippen molar-refractivity contribution in [3.05, 3.63) is 40.5 Å². The van der Waals surface area contributed by atoms with E-state index in [-0.39, 0.29) is 6.61 Å². The number of methoxy groups -OCH3 is 1. The SMILES string of the molecule is COc1ccc(CNc2nc(SC)ncc2CO)cc1Cl. The standard InChI is InChI=1S/C14H16ClN3O2S/c1-20-12-4-3-9(5-11(12)15)6-16-13-10(8-19)7-17-14(18-13)21-2/h3-5,7,19H,6,8H2,1-2H3,(H,16,17,18). The van der Waals surface area contributed by atoms with Crippen molar-refractivity contribution < 1.29 is 9.84 Å². The molecule has 0 fully saturated rings. The smallest absolute Gasteiger partial charge is 0.189 e. The molecular weight excluding hydrogens is 310 g/mol. The average molecular weight is 326 g/mol. The molecule has 5 nitrogen and oxygen atoms in total. The molecule has 0 unspecified atom stereocenters. The second kappa shape index (κ2) is 7.49. The number of rotatable bonds is 6. The minimum atomic E-state index is -0.111. The van der Waals surface area contributed by atoms with Crippen molar-refractivity contribution in [3.63, 3.8) is 0 Å². The summed E-state index contributed by atoms with van der Waals surface area (Å²) in [6.45, 7) is 0.432. The first-order chi connectivity index (χ1) is 10.2. The summed E-state index contributed by atoms with van der Waals surface area (Å²) in [6, 6.07) is 5.58. The number of aromatic nitrogens is 2. The van der Waals surface area contributed by atoms with E-state index >= 15 is 0 Å². The number of ether oxygens (including phenoxy) is 1. The zero-order chi connectivity index (χ0) is 15.2. The van der Waals surface area contributed by atoms with Gasteiger partial charge in [-0.15, -0.1) is 0 Å². The molecule has 7 heteroatoms. The molecule has 0 saturated carbocycles. The van der Waals surface area contributed by atoms with Gasteiger partial charge in [-0.05, 0) is 24.0 Å². The summed E-state index contributed by atoms with van der Waals surface area (Å²) < 4.78 is 5.12. The summed E-state index contributed by atoms with van der Waals surface area (Å²) in [5, 5.41) is 13.7. The predicted octanol–water partition coefficient (Wildman–Crippen LogP) is 2.96. The lowest BCUT2D eigenvalue weighted by Crippen LogP contribution is -2.06. The van der Waals surface area contributed by atoms with Gasteiger partial charge in [-0.2, -0.15) is 0 Å². The van der Waals surface area contributed by atoms with E-state index in [4.69, 9.17) is 16.3 Å². The fraction of sp³-hybridized carbons (Fsp3) is 0.286. The van der Waals surface area contributed by atoms with Crippen molar-refractivity contribution in [2.24, 2.45) is 0 Å². The number of benzene rings is 1. The van der Waals surface area contributed by atoms with Crippen LogP contribution in [0, 0.1) is 0 Å². The molecular formula is C14H16ClN3O2S. The van der Waals surface area contributed by atoms with Crippen LogP contribution >= 0.6 is 23.4 Å². The number of anilines is 1. The monoisotopic (exact) mass is 325 g/mol. The molecule has 2 N–H and O–H groups in total. The molecule has 2 rings (SSSR count). The second-order valence-electron chi connectivity index (χ2n) is 4.21. The highest BCUT2D eigenvalue weighted by Gasteiger charge is 2.07. The minimum Gasteiger partial charge on any atom is -0.495 e. The van der Waals surface area contributed by atoms with Crippen molar-refractivity contribution in [1.82, 2.24) is 9.97 Å². The Morgan fingerprint density at radius 3 is 2.86 bits per heavy atom. The maximum atomic E-state index is 9.33. The van der Waals surface area contributed by atoms with Crippen molar-refractivity contribution in [2.45, 2.75) is 18.3 Å². The van der Waals surface area contributed by atoms with Crippen LogP contribution in [0.3, 0.4) is 0 Å². The fourth-order valence-electron chi connectivity index (χ4n) is 1.76. The molecule has 2 aromatic rings. The van der Waals surface area contributed by atoms with Crippen LogP contribution in [0.2, 0.25) is 5.02 Å². The largest absolute Gasteiger partial charge is 0.495 e. The molecule has 1 aromatic carbocycles. The maximum Gasteiger partial charge on any atom is 0.189 e. The Bertz CT molecular complexity index is 625. The van der Waals surface area contributed by atoms with Gasteiger partial charge in [-0.3, -0.25) is 0 Å². The maximum absolute atomic E-state index is 9.33. The van der Waals surface area contributed by atoms with Gasteiger partial charge < -0.3 is 15.2 Å². The highest BCUT2D eigenvalue weighted by molar-refractivity contribution is 7.98. The van der Waals surface area contributed by atoms with E-state index in [1.165, 1.54) is 11.8 Å². The molecule has 1 heterocycles. The van der Waals surface area contributed by atoms with Gasteiger partial charge in [0.15, 0.2) is 5.16 Å². The van der Waals surface area contributed by atoms with E-state index in [1.54, 1.807) is 13.3 Å². The van der Waals surface area contributed by atoms with Crippen molar-refractivity contribution >= 4 is 29.2 Å². The molecule has 0 atom stereocenters. The van der Waals surface area contributed by atoms with Crippen LogP contribution in [-0.4, -0.2) is 28.4 Å². The topological polar surface area (TPSA) is 67.3 Å². The molecule has 0 bridgehead atoms. The highest BCUT2D eigenvalue weighted by atomic mass is 35.5. The van der Waals surface area contributed by atoms with Crippen LogP contribution in [-0.2, 0) is 13.2 Å². The lowest BCUT2D eigenvalue weighted by molar-refractivity contribution is 0.281. The van der Waals surface area contributed by atoms with Gasteiger partial charge in [0.1, 0.15) is 11.6 Å². The lowest BCUT2D eigenvalue weighted by atomic mass is 10.2. The molecule has 0 aliphatic rings. The molecule has 112 valence electrons. The lowest BCUT2D eigenvalue weighted by Gasteiger charge is -2.11. The molecule has 21 heavy (non-hydrogen) atoms. The normalized spacial score (nSPS) is 10.5. The van der Waals surface area contributed by atoms with Gasteiger partial charge in [0.2, 0.25) is 0 Å². The van der Waals surface area contributed by atoms with Crippen LogP contribution in [0.4, 0.5) is 5.82 Å². The molecule has 0 aliphatic heterocycles. The van der Waals surface area contributed by atoms with E-state index in [0.717, 1.165) is 5.56 Å². The molecule has 0 amide bonds. The van der Waals surface area contributed by atoms with Gasteiger partial charge in [-0.25, -0.2) is 9.97 Å². The molecule has 1 aromatic heterocycles. The van der Waals surface area contributed by atoms with Crippen LogP contribution in [0.15, 0.2) is 29.6 Å². The third-order valence-electron chi connectivity index (χ3n) is 2.87. The van der Waals surface area contributed by atoms with Gasteiger partial charge in [0.05, 0.1) is 18.7 Å². The van der Waals surface area contributed by atoms with Gasteiger partial charge in [0.25, 0.3) is 0 Å². The van der Waals surface area contributed by atoms with Crippen molar-refractivity contribution in [3.8, 4) is 5.75 Å². The average Bonchev–Trinajstić information content (AvgIpc) is 2.52. The first-order valence-electron chi connectivity index (χ1n) is 6.25. The Morgan fingerprint density at radius 2 is 2.24 bits per heavy atom. The number of nitrogens with one attached hydrogen (secondary N) is 1.